The van der Waals surface area contributed by atoms with Crippen molar-refractivity contribution < 1.29 is 4.79 Å². The number of benzene rings is 2. The predicted octanol–water partition coefficient (Wildman–Crippen LogP) is 4.67. The van der Waals surface area contributed by atoms with Crippen molar-refractivity contribution >= 4 is 52.1 Å². The van der Waals surface area contributed by atoms with Crippen LogP contribution < -0.4 is 10.2 Å². The van der Waals surface area contributed by atoms with E-state index in [2.05, 4.69) is 21.2 Å². The van der Waals surface area contributed by atoms with E-state index in [9.17, 15) is 4.79 Å². The summed E-state index contributed by atoms with van der Waals surface area (Å²) >= 11 is 18.0. The number of carbonyl (C=O) groups is 1. The number of halogens is 3. The number of rotatable bonds is 4. The van der Waals surface area contributed by atoms with Gasteiger partial charge in [-0.05, 0) is 42.8 Å². The second kappa shape index (κ2) is 9.49. The third kappa shape index (κ3) is 5.30. The van der Waals surface area contributed by atoms with Gasteiger partial charge in [-0.3, -0.25) is 9.69 Å². The summed E-state index contributed by atoms with van der Waals surface area (Å²) in [5.74, 6) is -0.146. The van der Waals surface area contributed by atoms with E-state index in [1.807, 2.05) is 24.3 Å². The highest BCUT2D eigenvalue weighted by molar-refractivity contribution is 6.44. The minimum absolute atomic E-state index is 0.146. The number of carbonyl (C=O) groups excluding carboxylic acids is 1. The maximum Gasteiger partial charge on any atom is 0.238 e. The molecule has 0 aromatic heterocycles. The summed E-state index contributed by atoms with van der Waals surface area (Å²) < 4.78 is 0. The standard InChI is InChI=1S/C20H19Cl3N4O/c21-16-10-18(23)19(11-17(16)22)25-20(28)13-26-6-1-7-27(9-8-26)15-4-2-14(12-24)3-5-15/h2-5,10-11H,1,6-9,13H2,(H,25,28). The average molecular weight is 438 g/mol. The van der Waals surface area contributed by atoms with Gasteiger partial charge in [0.05, 0.1) is 38.9 Å². The molecule has 0 atom stereocenters. The summed E-state index contributed by atoms with van der Waals surface area (Å²) in [6.45, 7) is 3.59. The summed E-state index contributed by atoms with van der Waals surface area (Å²) in [4.78, 5) is 16.8. The highest BCUT2D eigenvalue weighted by atomic mass is 35.5. The lowest BCUT2D eigenvalue weighted by molar-refractivity contribution is -0.117. The van der Waals surface area contributed by atoms with Crippen LogP contribution in [-0.2, 0) is 4.79 Å². The van der Waals surface area contributed by atoms with Gasteiger partial charge >= 0.3 is 0 Å². The first-order valence-corrected chi connectivity index (χ1v) is 10.0. The van der Waals surface area contributed by atoms with Crippen LogP contribution in [0.2, 0.25) is 15.1 Å². The van der Waals surface area contributed by atoms with Crippen molar-refractivity contribution in [2.24, 2.45) is 0 Å². The van der Waals surface area contributed by atoms with Gasteiger partial charge in [-0.25, -0.2) is 0 Å². The molecular weight excluding hydrogens is 419 g/mol. The van der Waals surface area contributed by atoms with Crippen molar-refractivity contribution in [3.05, 3.63) is 57.0 Å². The molecule has 8 heteroatoms. The summed E-state index contributed by atoms with van der Waals surface area (Å²) in [6, 6.07) is 12.8. The molecule has 0 unspecified atom stereocenters. The summed E-state index contributed by atoms with van der Waals surface area (Å²) in [5.41, 5.74) is 2.20. The van der Waals surface area contributed by atoms with Crippen molar-refractivity contribution in [2.45, 2.75) is 6.42 Å². The lowest BCUT2D eigenvalue weighted by Crippen LogP contribution is -2.36. The second-order valence-corrected chi connectivity index (χ2v) is 7.79. The number of nitrogens with zero attached hydrogens (tertiary/aromatic N) is 3. The molecular formula is C20H19Cl3N4O. The number of nitrogens with one attached hydrogen (secondary N) is 1. The monoisotopic (exact) mass is 436 g/mol. The molecule has 28 heavy (non-hydrogen) atoms. The normalized spacial score (nSPS) is 15.0. The highest BCUT2D eigenvalue weighted by Gasteiger charge is 2.18. The molecule has 146 valence electrons. The smallest absolute Gasteiger partial charge is 0.238 e. The molecule has 2 aromatic carbocycles. The van der Waals surface area contributed by atoms with Crippen molar-refractivity contribution in [1.29, 1.82) is 5.26 Å². The van der Waals surface area contributed by atoms with E-state index in [4.69, 9.17) is 40.1 Å². The fourth-order valence-corrected chi connectivity index (χ4v) is 3.74. The van der Waals surface area contributed by atoms with E-state index in [1.54, 1.807) is 6.07 Å². The average Bonchev–Trinajstić information content (AvgIpc) is 2.91. The van der Waals surface area contributed by atoms with E-state index in [0.717, 1.165) is 38.3 Å². The lowest BCUT2D eigenvalue weighted by atomic mass is 10.2. The molecule has 2 aromatic rings. The summed E-state index contributed by atoms with van der Waals surface area (Å²) in [6.07, 6.45) is 0.945. The van der Waals surface area contributed by atoms with Gasteiger partial charge in [0.15, 0.2) is 0 Å². The van der Waals surface area contributed by atoms with Crippen LogP contribution in [0.1, 0.15) is 12.0 Å². The van der Waals surface area contributed by atoms with Crippen molar-refractivity contribution in [1.82, 2.24) is 4.90 Å². The Morgan fingerprint density at radius 2 is 1.71 bits per heavy atom. The third-order valence-corrected chi connectivity index (χ3v) is 5.64. The molecule has 1 heterocycles. The van der Waals surface area contributed by atoms with Crippen LogP contribution >= 0.6 is 34.8 Å². The van der Waals surface area contributed by atoms with Crippen LogP contribution in [-0.4, -0.2) is 43.5 Å². The van der Waals surface area contributed by atoms with Gasteiger partial charge < -0.3 is 10.2 Å². The largest absolute Gasteiger partial charge is 0.370 e. The number of anilines is 2. The molecule has 0 aliphatic carbocycles. The van der Waals surface area contributed by atoms with E-state index >= 15 is 0 Å². The molecule has 1 fully saturated rings. The Labute approximate surface area is 179 Å². The first-order chi connectivity index (χ1) is 13.5. The molecule has 5 nitrogen and oxygen atoms in total. The van der Waals surface area contributed by atoms with Crippen LogP contribution in [0.4, 0.5) is 11.4 Å². The zero-order valence-corrected chi connectivity index (χ0v) is 17.4. The van der Waals surface area contributed by atoms with Crippen LogP contribution in [0, 0.1) is 11.3 Å². The molecule has 1 saturated heterocycles. The SMILES string of the molecule is N#Cc1ccc(N2CCCN(CC(=O)Nc3cc(Cl)c(Cl)cc3Cl)CC2)cc1. The Morgan fingerprint density at radius 1 is 1.00 bits per heavy atom. The minimum atomic E-state index is -0.146. The number of nitriles is 1. The first-order valence-electron chi connectivity index (χ1n) is 8.88. The van der Waals surface area contributed by atoms with Crippen molar-refractivity contribution in [3.63, 3.8) is 0 Å². The van der Waals surface area contributed by atoms with Gasteiger partial charge in [0.1, 0.15) is 0 Å². The molecule has 1 aliphatic rings. The maximum absolute atomic E-state index is 12.4. The number of hydrogen-bond donors (Lipinski definition) is 1. The molecule has 0 bridgehead atoms. The zero-order chi connectivity index (χ0) is 20.1. The lowest BCUT2D eigenvalue weighted by Gasteiger charge is -2.23. The molecule has 1 N–H and O–H groups in total. The van der Waals surface area contributed by atoms with Gasteiger partial charge in [-0.15, -0.1) is 0 Å². The van der Waals surface area contributed by atoms with E-state index in [-0.39, 0.29) is 12.5 Å². The van der Waals surface area contributed by atoms with E-state index in [0.29, 0.717) is 26.3 Å². The van der Waals surface area contributed by atoms with Crippen LogP contribution in [0.25, 0.3) is 0 Å². The Morgan fingerprint density at radius 3 is 2.43 bits per heavy atom. The van der Waals surface area contributed by atoms with Crippen LogP contribution in [0.3, 0.4) is 0 Å². The molecule has 0 radical (unpaired) electrons. The molecule has 3 rings (SSSR count). The Kier molecular flexibility index (Phi) is 7.03. The topological polar surface area (TPSA) is 59.4 Å². The van der Waals surface area contributed by atoms with E-state index in [1.165, 1.54) is 6.07 Å². The van der Waals surface area contributed by atoms with Gasteiger partial charge in [0, 0.05) is 31.9 Å². The fourth-order valence-electron chi connectivity index (χ4n) is 3.15. The molecule has 0 saturated carbocycles. The maximum atomic E-state index is 12.4. The first kappa shape index (κ1) is 20.8. The number of amides is 1. The van der Waals surface area contributed by atoms with Crippen molar-refractivity contribution in [3.8, 4) is 6.07 Å². The highest BCUT2D eigenvalue weighted by Crippen LogP contribution is 2.32. The fraction of sp³-hybridized carbons (Fsp3) is 0.300. The van der Waals surface area contributed by atoms with Gasteiger partial charge in [-0.2, -0.15) is 5.26 Å². The molecule has 1 aliphatic heterocycles. The Bertz CT molecular complexity index is 896. The summed E-state index contributed by atoms with van der Waals surface area (Å²) in [7, 11) is 0. The summed E-state index contributed by atoms with van der Waals surface area (Å²) in [5, 5.41) is 12.8. The second-order valence-electron chi connectivity index (χ2n) is 6.57. The van der Waals surface area contributed by atoms with Crippen LogP contribution in [0.15, 0.2) is 36.4 Å². The van der Waals surface area contributed by atoms with Gasteiger partial charge in [-0.1, -0.05) is 34.8 Å². The Balaban J connectivity index is 1.56. The number of hydrogen-bond acceptors (Lipinski definition) is 4. The third-order valence-electron chi connectivity index (χ3n) is 4.60. The van der Waals surface area contributed by atoms with E-state index < -0.39 is 0 Å². The molecule has 0 spiro atoms. The minimum Gasteiger partial charge on any atom is -0.370 e. The molecule has 1 amide bonds. The van der Waals surface area contributed by atoms with Gasteiger partial charge in [0.25, 0.3) is 0 Å². The van der Waals surface area contributed by atoms with Gasteiger partial charge in [0.2, 0.25) is 5.91 Å². The van der Waals surface area contributed by atoms with Crippen molar-refractivity contribution in [2.75, 3.05) is 42.9 Å². The Hall–Kier alpha value is -1.97. The van der Waals surface area contributed by atoms with Crippen LogP contribution in [0.5, 0.6) is 0 Å². The predicted molar refractivity (Wildman–Crippen MR) is 115 cm³/mol. The quantitative estimate of drug-likeness (QED) is 0.706. The zero-order valence-electron chi connectivity index (χ0n) is 15.1.